The number of aryl methyl sites for hydroxylation is 1. The number of carbonyl (C=O) groups excluding carboxylic acids is 1. The van der Waals surface area contributed by atoms with Crippen LogP contribution in [-0.2, 0) is 11.2 Å². The van der Waals surface area contributed by atoms with Crippen LogP contribution in [0.15, 0.2) is 53.7 Å². The van der Waals surface area contributed by atoms with Crippen LogP contribution in [0.2, 0.25) is 0 Å². The van der Waals surface area contributed by atoms with E-state index in [-0.39, 0.29) is 11.7 Å². The zero-order valence-electron chi connectivity index (χ0n) is 14.5. The van der Waals surface area contributed by atoms with Gasteiger partial charge in [0.15, 0.2) is 0 Å². The highest BCUT2D eigenvalue weighted by molar-refractivity contribution is 7.99. The maximum Gasteiger partial charge on any atom is 0.234 e. The van der Waals surface area contributed by atoms with Gasteiger partial charge in [-0.05, 0) is 46.7 Å². The van der Waals surface area contributed by atoms with Gasteiger partial charge in [-0.3, -0.25) is 4.79 Å². The molecule has 134 valence electrons. The third kappa shape index (κ3) is 4.20. The van der Waals surface area contributed by atoms with Crippen LogP contribution in [-0.4, -0.2) is 39.0 Å². The summed E-state index contributed by atoms with van der Waals surface area (Å²) < 4.78 is 6.90. The van der Waals surface area contributed by atoms with Crippen LogP contribution in [0.25, 0.3) is 5.69 Å². The van der Waals surface area contributed by atoms with E-state index in [9.17, 15) is 4.79 Å². The number of nitrogens with one attached hydrogen (secondary N) is 1. The van der Waals surface area contributed by atoms with Crippen LogP contribution >= 0.6 is 11.8 Å². The minimum atomic E-state index is -0.117. The summed E-state index contributed by atoms with van der Waals surface area (Å²) in [5, 5.41) is 15.1. The predicted octanol–water partition coefficient (Wildman–Crippen LogP) is 2.96. The number of methoxy groups -OCH3 is 1. The zero-order chi connectivity index (χ0) is 18.4. The fourth-order valence-electron chi connectivity index (χ4n) is 2.38. The maximum atomic E-state index is 12.2. The lowest BCUT2D eigenvalue weighted by Gasteiger charge is -2.09. The quantitative estimate of drug-likeness (QED) is 0.645. The largest absolute Gasteiger partial charge is 0.494 e. The molecule has 0 saturated carbocycles. The number of thioether (sulfide) groups is 1. The number of anilines is 1. The summed E-state index contributed by atoms with van der Waals surface area (Å²) in [4.78, 5) is 12.2. The van der Waals surface area contributed by atoms with E-state index >= 15 is 0 Å². The molecule has 1 N–H and O–H groups in total. The van der Waals surface area contributed by atoms with Crippen molar-refractivity contribution in [1.29, 1.82) is 0 Å². The van der Waals surface area contributed by atoms with Crippen molar-refractivity contribution in [2.45, 2.75) is 18.5 Å². The number of amides is 1. The van der Waals surface area contributed by atoms with Gasteiger partial charge in [-0.25, -0.2) is 0 Å². The van der Waals surface area contributed by atoms with Crippen LogP contribution in [0.5, 0.6) is 5.75 Å². The van der Waals surface area contributed by atoms with Gasteiger partial charge in [0.2, 0.25) is 11.1 Å². The number of benzene rings is 2. The fraction of sp³-hybridized carbons (Fsp3) is 0.222. The summed E-state index contributed by atoms with van der Waals surface area (Å²) in [5.74, 6) is 0.737. The van der Waals surface area contributed by atoms with Crippen molar-refractivity contribution >= 4 is 23.4 Å². The Morgan fingerprint density at radius 1 is 1.19 bits per heavy atom. The van der Waals surface area contributed by atoms with Crippen molar-refractivity contribution in [3.63, 3.8) is 0 Å². The van der Waals surface area contributed by atoms with E-state index in [4.69, 9.17) is 4.74 Å². The molecular formula is C18H19N5O2S. The average Bonchev–Trinajstić information content (AvgIpc) is 3.15. The first-order valence-corrected chi connectivity index (χ1v) is 9.13. The van der Waals surface area contributed by atoms with E-state index in [1.807, 2.05) is 48.5 Å². The van der Waals surface area contributed by atoms with Crippen molar-refractivity contribution in [2.75, 3.05) is 18.2 Å². The molecule has 1 heterocycles. The average molecular weight is 369 g/mol. The number of aromatic nitrogens is 4. The van der Waals surface area contributed by atoms with Crippen LogP contribution in [0.3, 0.4) is 0 Å². The van der Waals surface area contributed by atoms with Crippen LogP contribution < -0.4 is 10.1 Å². The van der Waals surface area contributed by atoms with Gasteiger partial charge in [-0.15, -0.1) is 5.10 Å². The number of nitrogens with zero attached hydrogens (tertiary/aromatic N) is 4. The summed E-state index contributed by atoms with van der Waals surface area (Å²) in [6.07, 6.45) is 0.968. The first-order valence-electron chi connectivity index (χ1n) is 8.14. The summed E-state index contributed by atoms with van der Waals surface area (Å²) >= 11 is 1.26. The number of hydrogen-bond acceptors (Lipinski definition) is 6. The number of ether oxygens (including phenoxy) is 1. The molecule has 0 aliphatic rings. The molecule has 0 spiro atoms. The first kappa shape index (κ1) is 17.9. The van der Waals surface area contributed by atoms with Crippen molar-refractivity contribution in [3.8, 4) is 11.4 Å². The molecule has 26 heavy (non-hydrogen) atoms. The summed E-state index contributed by atoms with van der Waals surface area (Å²) in [7, 11) is 1.59. The highest BCUT2D eigenvalue weighted by Crippen LogP contribution is 2.25. The third-order valence-corrected chi connectivity index (χ3v) is 4.65. The van der Waals surface area contributed by atoms with Gasteiger partial charge in [0.1, 0.15) is 11.4 Å². The van der Waals surface area contributed by atoms with Gasteiger partial charge in [0.25, 0.3) is 0 Å². The molecule has 3 rings (SSSR count). The lowest BCUT2D eigenvalue weighted by atomic mass is 10.1. The van der Waals surface area contributed by atoms with Crippen molar-refractivity contribution in [2.24, 2.45) is 0 Å². The predicted molar refractivity (Wildman–Crippen MR) is 101 cm³/mol. The Bertz CT molecular complexity index is 879. The molecule has 8 heteroatoms. The first-order chi connectivity index (χ1) is 12.7. The van der Waals surface area contributed by atoms with Crippen molar-refractivity contribution < 1.29 is 9.53 Å². The molecule has 0 unspecified atom stereocenters. The van der Waals surface area contributed by atoms with Crippen LogP contribution in [0, 0.1) is 0 Å². The lowest BCUT2D eigenvalue weighted by molar-refractivity contribution is -0.113. The van der Waals surface area contributed by atoms with Crippen LogP contribution in [0.4, 0.5) is 5.69 Å². The Morgan fingerprint density at radius 3 is 2.69 bits per heavy atom. The highest BCUT2D eigenvalue weighted by atomic mass is 32.2. The minimum absolute atomic E-state index is 0.117. The van der Waals surface area contributed by atoms with E-state index < -0.39 is 0 Å². The summed E-state index contributed by atoms with van der Waals surface area (Å²) in [6, 6.07) is 15.3. The second kappa shape index (κ2) is 8.48. The highest BCUT2D eigenvalue weighted by Gasteiger charge is 2.14. The number of carbonyl (C=O) groups is 1. The third-order valence-electron chi connectivity index (χ3n) is 3.73. The van der Waals surface area contributed by atoms with Crippen molar-refractivity contribution in [3.05, 3.63) is 54.1 Å². The van der Waals surface area contributed by atoms with E-state index in [1.165, 1.54) is 17.3 Å². The van der Waals surface area contributed by atoms with Gasteiger partial charge in [-0.2, -0.15) is 4.68 Å². The normalized spacial score (nSPS) is 10.5. The van der Waals surface area contributed by atoms with Crippen molar-refractivity contribution in [1.82, 2.24) is 20.2 Å². The molecule has 0 aliphatic carbocycles. The maximum absolute atomic E-state index is 12.2. The van der Waals surface area contributed by atoms with E-state index in [2.05, 4.69) is 27.8 Å². The van der Waals surface area contributed by atoms with Gasteiger partial charge in [0.05, 0.1) is 12.9 Å². The van der Waals surface area contributed by atoms with E-state index in [1.54, 1.807) is 11.8 Å². The van der Waals surface area contributed by atoms with Gasteiger partial charge in [0, 0.05) is 5.69 Å². The van der Waals surface area contributed by atoms with E-state index in [0.29, 0.717) is 10.9 Å². The molecule has 0 radical (unpaired) electrons. The molecular weight excluding hydrogens is 350 g/mol. The zero-order valence-corrected chi connectivity index (χ0v) is 15.4. The number of tetrazole rings is 1. The minimum Gasteiger partial charge on any atom is -0.494 e. The smallest absolute Gasteiger partial charge is 0.234 e. The molecule has 0 fully saturated rings. The molecule has 2 aromatic carbocycles. The Labute approximate surface area is 155 Å². The Morgan fingerprint density at radius 2 is 1.96 bits per heavy atom. The standard InChI is InChI=1S/C18H19N5O2S/c1-3-13-8-10-14(11-9-13)19-17(24)12-26-18-20-21-22-23(18)15-6-4-5-7-16(15)25-2/h4-11H,3,12H2,1-2H3,(H,19,24). The second-order valence-corrected chi connectivity index (χ2v) is 6.37. The Hall–Kier alpha value is -2.87. The monoisotopic (exact) mass is 369 g/mol. The molecule has 0 aliphatic heterocycles. The Kier molecular flexibility index (Phi) is 5.85. The van der Waals surface area contributed by atoms with Gasteiger partial charge in [-0.1, -0.05) is 43.0 Å². The van der Waals surface area contributed by atoms with Gasteiger partial charge < -0.3 is 10.1 Å². The molecule has 1 aromatic heterocycles. The molecule has 0 atom stereocenters. The lowest BCUT2D eigenvalue weighted by Crippen LogP contribution is -2.14. The molecule has 1 amide bonds. The topological polar surface area (TPSA) is 81.9 Å². The fourth-order valence-corrected chi connectivity index (χ4v) is 3.06. The molecule has 3 aromatic rings. The summed E-state index contributed by atoms with van der Waals surface area (Å²) in [5.41, 5.74) is 2.73. The Balaban J connectivity index is 1.65. The number of hydrogen-bond donors (Lipinski definition) is 1. The molecule has 7 nitrogen and oxygen atoms in total. The van der Waals surface area contributed by atoms with Gasteiger partial charge >= 0.3 is 0 Å². The second-order valence-electron chi connectivity index (χ2n) is 5.43. The molecule has 0 bridgehead atoms. The number of rotatable bonds is 7. The number of para-hydroxylation sites is 2. The SMILES string of the molecule is CCc1ccc(NC(=O)CSc2nnnn2-c2ccccc2OC)cc1. The molecule has 0 saturated heterocycles. The van der Waals surface area contributed by atoms with E-state index in [0.717, 1.165) is 17.8 Å². The summed E-state index contributed by atoms with van der Waals surface area (Å²) in [6.45, 7) is 2.09. The van der Waals surface area contributed by atoms with Crippen LogP contribution in [0.1, 0.15) is 12.5 Å².